The van der Waals surface area contributed by atoms with Gasteiger partial charge >= 0.3 is 0 Å². The van der Waals surface area contributed by atoms with Gasteiger partial charge in [-0.3, -0.25) is 0 Å². The Kier molecular flexibility index (Phi) is 1.11. The highest BCUT2D eigenvalue weighted by Gasteiger charge is 1.88. The Bertz CT molecular complexity index is 160. The van der Waals surface area contributed by atoms with Gasteiger partial charge in [-0.1, -0.05) is 0 Å². The van der Waals surface area contributed by atoms with Gasteiger partial charge in [-0.05, 0) is 17.2 Å². The summed E-state index contributed by atoms with van der Waals surface area (Å²) in [6.45, 7) is 0. The third-order valence-electron chi connectivity index (χ3n) is 0.578. The molecule has 1 rings (SSSR count). The topological polar surface area (TPSA) is 24.7 Å². The Morgan fingerprint density at radius 3 is 2.29 bits per heavy atom. The van der Waals surface area contributed by atoms with Crippen molar-refractivity contribution in [3.05, 3.63) is 5.57 Å². The number of allylic oxidation sites excluding steroid dienone is 1. The van der Waals surface area contributed by atoms with Gasteiger partial charge in [-0.25, -0.2) is 0 Å². The van der Waals surface area contributed by atoms with E-state index in [1.165, 1.54) is 0 Å². The molecule has 0 spiro atoms. The SMILES string of the molecule is S=C=C1C=NN=C1. The molecule has 0 aromatic heterocycles. The Hall–Kier alpha value is -0.790. The summed E-state index contributed by atoms with van der Waals surface area (Å²) in [7, 11) is 0. The average Bonchev–Trinajstić information content (AvgIpc) is 2.14. The van der Waals surface area contributed by atoms with Gasteiger partial charge in [0.05, 0.1) is 18.0 Å². The van der Waals surface area contributed by atoms with Gasteiger partial charge in [0.1, 0.15) is 0 Å². The van der Waals surface area contributed by atoms with E-state index in [0.29, 0.717) is 0 Å². The molecule has 0 fully saturated rings. The van der Waals surface area contributed by atoms with E-state index in [1.54, 1.807) is 12.4 Å². The summed E-state index contributed by atoms with van der Waals surface area (Å²) in [4.78, 5) is 0. The molecule has 0 unspecified atom stereocenters. The van der Waals surface area contributed by atoms with Crippen molar-refractivity contribution < 1.29 is 0 Å². The second-order valence-electron chi connectivity index (χ2n) is 1.05. The first-order valence-electron chi connectivity index (χ1n) is 1.75. The summed E-state index contributed by atoms with van der Waals surface area (Å²) in [6.07, 6.45) is 3.12. The van der Waals surface area contributed by atoms with Crippen molar-refractivity contribution in [2.24, 2.45) is 10.2 Å². The minimum absolute atomic E-state index is 0.773. The zero-order valence-electron chi connectivity index (χ0n) is 3.46. The quantitative estimate of drug-likeness (QED) is 0.419. The number of thiocarbonyl (C=S) groups is 1. The largest absolute Gasteiger partial charge is 0.158 e. The minimum atomic E-state index is 0.773. The van der Waals surface area contributed by atoms with Crippen molar-refractivity contribution in [3.63, 3.8) is 0 Å². The number of hydrogen-bond acceptors (Lipinski definition) is 3. The van der Waals surface area contributed by atoms with Crippen LogP contribution in [0.5, 0.6) is 0 Å². The molecule has 0 aromatic rings. The summed E-state index contributed by atoms with van der Waals surface area (Å²) in [5.41, 5.74) is 0.773. The lowest BCUT2D eigenvalue weighted by Crippen LogP contribution is -1.76. The van der Waals surface area contributed by atoms with Crippen molar-refractivity contribution in [2.45, 2.75) is 0 Å². The van der Waals surface area contributed by atoms with Gasteiger partial charge in [0, 0.05) is 0 Å². The molecule has 0 bridgehead atoms. The fourth-order valence-corrected chi connectivity index (χ4v) is 0.383. The van der Waals surface area contributed by atoms with Gasteiger partial charge in [0.15, 0.2) is 0 Å². The number of rotatable bonds is 0. The van der Waals surface area contributed by atoms with Crippen LogP contribution < -0.4 is 0 Å². The lowest BCUT2D eigenvalue weighted by atomic mass is 10.4. The molecule has 1 aliphatic rings. The summed E-state index contributed by atoms with van der Waals surface area (Å²) in [5, 5.41) is 9.49. The van der Waals surface area contributed by atoms with Crippen LogP contribution in [0, 0.1) is 0 Å². The zero-order valence-corrected chi connectivity index (χ0v) is 4.27. The van der Waals surface area contributed by atoms with Crippen molar-refractivity contribution in [2.75, 3.05) is 0 Å². The molecule has 0 aromatic carbocycles. The van der Waals surface area contributed by atoms with E-state index < -0.39 is 0 Å². The van der Waals surface area contributed by atoms with Gasteiger partial charge in [0.25, 0.3) is 0 Å². The third-order valence-corrected chi connectivity index (χ3v) is 0.814. The second-order valence-corrected chi connectivity index (χ2v) is 1.25. The van der Waals surface area contributed by atoms with Crippen molar-refractivity contribution in [3.8, 4) is 0 Å². The van der Waals surface area contributed by atoms with Crippen LogP contribution in [0.4, 0.5) is 0 Å². The molecule has 0 saturated carbocycles. The first kappa shape index (κ1) is 4.37. The molecule has 0 aliphatic carbocycles. The Labute approximate surface area is 46.3 Å². The van der Waals surface area contributed by atoms with E-state index in [4.69, 9.17) is 0 Å². The second kappa shape index (κ2) is 1.78. The van der Waals surface area contributed by atoms with Crippen LogP contribution in [0.3, 0.4) is 0 Å². The fraction of sp³-hybridized carbons (Fsp3) is 0. The molecule has 34 valence electrons. The summed E-state index contributed by atoms with van der Waals surface area (Å²) >= 11 is 4.44. The number of nitrogens with zero attached hydrogens (tertiary/aromatic N) is 2. The summed E-state index contributed by atoms with van der Waals surface area (Å²) < 4.78 is 0. The van der Waals surface area contributed by atoms with Gasteiger partial charge in [-0.2, -0.15) is 10.2 Å². The molecule has 0 atom stereocenters. The van der Waals surface area contributed by atoms with Crippen LogP contribution in [0.1, 0.15) is 0 Å². The molecule has 1 heterocycles. The number of hydrogen-bond donors (Lipinski definition) is 0. The summed E-state index contributed by atoms with van der Waals surface area (Å²) in [6, 6.07) is 0. The fourth-order valence-electron chi connectivity index (χ4n) is 0.277. The molecule has 0 N–H and O–H groups in total. The molecule has 1 aliphatic heterocycles. The lowest BCUT2D eigenvalue weighted by Gasteiger charge is -1.64. The van der Waals surface area contributed by atoms with Crippen LogP contribution in [-0.2, 0) is 0 Å². The molecule has 0 saturated heterocycles. The molecular formula is C4H2N2S. The van der Waals surface area contributed by atoms with Crippen LogP contribution in [-0.4, -0.2) is 17.5 Å². The Morgan fingerprint density at radius 1 is 1.43 bits per heavy atom. The highest BCUT2D eigenvalue weighted by atomic mass is 32.1. The molecule has 7 heavy (non-hydrogen) atoms. The molecule has 0 radical (unpaired) electrons. The van der Waals surface area contributed by atoms with Crippen molar-refractivity contribution >= 4 is 29.7 Å². The maximum absolute atomic E-state index is 4.44. The monoisotopic (exact) mass is 110 g/mol. The van der Waals surface area contributed by atoms with Gasteiger partial charge in [0.2, 0.25) is 0 Å². The Morgan fingerprint density at radius 2 is 2.00 bits per heavy atom. The smallest absolute Gasteiger partial charge is 0.0683 e. The van der Waals surface area contributed by atoms with E-state index in [-0.39, 0.29) is 0 Å². The molecule has 3 heteroatoms. The predicted octanol–water partition coefficient (Wildman–Crippen LogP) is 0.582. The first-order valence-corrected chi connectivity index (χ1v) is 2.16. The maximum atomic E-state index is 4.44. The van der Waals surface area contributed by atoms with Crippen LogP contribution >= 0.6 is 12.2 Å². The average molecular weight is 110 g/mol. The van der Waals surface area contributed by atoms with Crippen molar-refractivity contribution in [1.29, 1.82) is 0 Å². The molecular weight excluding hydrogens is 108 g/mol. The molecule has 2 nitrogen and oxygen atoms in total. The highest BCUT2D eigenvalue weighted by Crippen LogP contribution is 1.87. The maximum Gasteiger partial charge on any atom is 0.0683 e. The zero-order chi connectivity index (χ0) is 5.11. The van der Waals surface area contributed by atoms with Crippen LogP contribution in [0.15, 0.2) is 15.8 Å². The third kappa shape index (κ3) is 0.796. The Balaban J connectivity index is 3.00. The molecule has 0 amide bonds. The van der Waals surface area contributed by atoms with Gasteiger partial charge in [-0.15, -0.1) is 0 Å². The van der Waals surface area contributed by atoms with E-state index in [0.717, 1.165) is 5.57 Å². The van der Waals surface area contributed by atoms with Crippen molar-refractivity contribution in [1.82, 2.24) is 0 Å². The standard InChI is InChI=1S/C4H2N2S/c7-3-4-1-5-6-2-4/h1-2H. The minimum Gasteiger partial charge on any atom is -0.158 e. The van der Waals surface area contributed by atoms with E-state index in [1.807, 2.05) is 0 Å². The summed E-state index contributed by atoms with van der Waals surface area (Å²) in [5.74, 6) is 0. The lowest BCUT2D eigenvalue weighted by molar-refractivity contribution is 1.29. The first-order chi connectivity index (χ1) is 3.43. The van der Waals surface area contributed by atoms with Gasteiger partial charge < -0.3 is 0 Å². The normalized spacial score (nSPS) is 15.1. The van der Waals surface area contributed by atoms with E-state index in [2.05, 4.69) is 27.4 Å². The van der Waals surface area contributed by atoms with E-state index in [9.17, 15) is 0 Å². The van der Waals surface area contributed by atoms with E-state index >= 15 is 0 Å². The highest BCUT2D eigenvalue weighted by molar-refractivity contribution is 7.78. The predicted molar refractivity (Wildman–Crippen MR) is 33.1 cm³/mol. The van der Waals surface area contributed by atoms with Crippen LogP contribution in [0.25, 0.3) is 0 Å². The van der Waals surface area contributed by atoms with Crippen LogP contribution in [0.2, 0.25) is 0 Å².